The van der Waals surface area contributed by atoms with Crippen molar-refractivity contribution in [3.05, 3.63) is 0 Å². The molecule has 2 unspecified atom stereocenters. The summed E-state index contributed by atoms with van der Waals surface area (Å²) in [5.41, 5.74) is -0.907. The summed E-state index contributed by atoms with van der Waals surface area (Å²) in [6.45, 7) is 0. The van der Waals surface area contributed by atoms with Crippen LogP contribution in [0.15, 0.2) is 0 Å². The Morgan fingerprint density at radius 1 is 1.37 bits per heavy atom. The highest BCUT2D eigenvalue weighted by Gasteiger charge is 2.60. The lowest BCUT2D eigenvalue weighted by atomic mass is 9.46. The molecule has 0 aromatic heterocycles. The van der Waals surface area contributed by atoms with Crippen LogP contribution >= 0.6 is 0 Å². The molecule has 0 aromatic rings. The Kier molecular flexibility index (Phi) is 3.15. The first-order valence-corrected chi connectivity index (χ1v) is 7.14. The van der Waals surface area contributed by atoms with Crippen molar-refractivity contribution >= 4 is 13.6 Å². The molecule has 19 heavy (non-hydrogen) atoms. The lowest BCUT2D eigenvalue weighted by Gasteiger charge is -2.61. The molecule has 5 nitrogen and oxygen atoms in total. The van der Waals surface area contributed by atoms with Crippen molar-refractivity contribution in [1.29, 1.82) is 0 Å². The van der Waals surface area contributed by atoms with E-state index >= 15 is 0 Å². The highest BCUT2D eigenvalue weighted by Crippen LogP contribution is 2.62. The Bertz CT molecular complexity index is 375. The maximum absolute atomic E-state index is 11.6. The summed E-state index contributed by atoms with van der Waals surface area (Å²) in [5.74, 6) is 0.178. The Morgan fingerprint density at radius 2 is 2.00 bits per heavy atom. The normalized spacial score (nSPS) is 45.2. The van der Waals surface area contributed by atoms with Gasteiger partial charge in [0.2, 0.25) is 0 Å². The smallest absolute Gasteiger partial charge is 0.361 e. The number of carboxylic acid groups (broad SMARTS) is 1. The molecule has 0 amide bonds. The first-order chi connectivity index (χ1) is 8.96. The highest BCUT2D eigenvalue weighted by atomic mass is 16.4. The van der Waals surface area contributed by atoms with E-state index in [2.05, 4.69) is 5.23 Å². The fraction of sp³-hybridized carbons (Fsp3) is 0.923. The van der Waals surface area contributed by atoms with E-state index in [1.165, 1.54) is 6.42 Å². The lowest BCUT2D eigenvalue weighted by Crippen LogP contribution is -2.64. The van der Waals surface area contributed by atoms with Gasteiger partial charge in [0.25, 0.3) is 0 Å². The standard InChI is InChI=1S/C13H22BNO4/c1-19-14-15-10(11(16)17)12-3-8-2-9(4-12)6-13(18,5-8)7-12/h8-10,14-15,18H,2-7H2,1H3,(H,16,17)/t8?,9?,10-,12?,13?/m1/s1. The van der Waals surface area contributed by atoms with Gasteiger partial charge in [-0.15, -0.1) is 0 Å². The molecule has 0 radical (unpaired) electrons. The molecule has 0 aromatic carbocycles. The molecule has 106 valence electrons. The van der Waals surface area contributed by atoms with Crippen LogP contribution in [0.4, 0.5) is 0 Å². The first-order valence-electron chi connectivity index (χ1n) is 7.14. The van der Waals surface area contributed by atoms with E-state index in [0.29, 0.717) is 18.3 Å². The molecule has 0 aliphatic heterocycles. The first kappa shape index (κ1) is 13.4. The fourth-order valence-corrected chi connectivity index (χ4v) is 5.35. The van der Waals surface area contributed by atoms with Gasteiger partial charge in [-0.3, -0.25) is 4.79 Å². The van der Waals surface area contributed by atoms with Gasteiger partial charge >= 0.3 is 13.6 Å². The Morgan fingerprint density at radius 3 is 2.47 bits per heavy atom. The second-order valence-electron chi connectivity index (χ2n) is 6.96. The largest absolute Gasteiger partial charge is 0.480 e. The number of aliphatic carboxylic acids is 1. The van der Waals surface area contributed by atoms with E-state index in [-0.39, 0.29) is 13.0 Å². The number of hydrogen-bond donors (Lipinski definition) is 3. The summed E-state index contributed by atoms with van der Waals surface area (Å²) in [6, 6.07) is -0.607. The molecule has 3 atom stereocenters. The van der Waals surface area contributed by atoms with Crippen LogP contribution in [0.1, 0.15) is 38.5 Å². The van der Waals surface area contributed by atoms with Gasteiger partial charge in [-0.05, 0) is 55.8 Å². The van der Waals surface area contributed by atoms with Gasteiger partial charge < -0.3 is 20.1 Å². The molecule has 4 saturated carbocycles. The van der Waals surface area contributed by atoms with Gasteiger partial charge in [-0.25, -0.2) is 0 Å². The SMILES string of the molecule is COBN[C@H](C(=O)O)C12CC3CC(CC(O)(C3)C1)C2. The second-order valence-corrected chi connectivity index (χ2v) is 6.96. The average Bonchev–Trinajstić information content (AvgIpc) is 2.24. The third-order valence-corrected chi connectivity index (χ3v) is 5.37. The Hall–Kier alpha value is -0.585. The van der Waals surface area contributed by atoms with Gasteiger partial charge in [0.1, 0.15) is 6.04 Å². The average molecular weight is 267 g/mol. The van der Waals surface area contributed by atoms with Gasteiger partial charge in [0.05, 0.1) is 5.60 Å². The molecule has 4 aliphatic rings. The molecular weight excluding hydrogens is 245 g/mol. The maximum Gasteiger partial charge on any atom is 0.361 e. The number of nitrogens with one attached hydrogen (secondary N) is 1. The summed E-state index contributed by atoms with van der Waals surface area (Å²) in [5, 5.41) is 23.2. The quantitative estimate of drug-likeness (QED) is 0.623. The van der Waals surface area contributed by atoms with E-state index in [1.807, 2.05) is 0 Å². The minimum atomic E-state index is -0.817. The molecule has 4 fully saturated rings. The second kappa shape index (κ2) is 4.47. The van der Waals surface area contributed by atoms with Crippen molar-refractivity contribution in [2.45, 2.75) is 50.2 Å². The van der Waals surface area contributed by atoms with E-state index in [4.69, 9.17) is 4.65 Å². The number of rotatable bonds is 5. The molecule has 0 saturated heterocycles. The van der Waals surface area contributed by atoms with Crippen molar-refractivity contribution < 1.29 is 19.7 Å². The molecule has 0 spiro atoms. The maximum atomic E-state index is 11.6. The van der Waals surface area contributed by atoms with Crippen molar-refractivity contribution in [2.75, 3.05) is 7.11 Å². The summed E-state index contributed by atoms with van der Waals surface area (Å²) >= 11 is 0. The molecule has 4 aliphatic carbocycles. The van der Waals surface area contributed by atoms with E-state index in [1.54, 1.807) is 7.11 Å². The molecule has 4 rings (SSSR count). The predicted molar refractivity (Wildman–Crippen MR) is 70.8 cm³/mol. The van der Waals surface area contributed by atoms with Crippen LogP contribution in [0, 0.1) is 17.3 Å². The van der Waals surface area contributed by atoms with Crippen molar-refractivity contribution in [2.24, 2.45) is 17.3 Å². The summed E-state index contributed by atoms with van der Waals surface area (Å²) in [7, 11) is 1.80. The van der Waals surface area contributed by atoms with Crippen LogP contribution < -0.4 is 5.23 Å². The molecule has 6 heteroatoms. The zero-order valence-electron chi connectivity index (χ0n) is 11.4. The van der Waals surface area contributed by atoms with Gasteiger partial charge in [0, 0.05) is 7.11 Å². The van der Waals surface area contributed by atoms with Crippen molar-refractivity contribution in [1.82, 2.24) is 5.23 Å². The van der Waals surface area contributed by atoms with Crippen molar-refractivity contribution in [3.63, 3.8) is 0 Å². The fourth-order valence-electron chi connectivity index (χ4n) is 5.35. The molecular formula is C13H22BNO4. The summed E-state index contributed by atoms with van der Waals surface area (Å²) in [4.78, 5) is 11.6. The molecule has 0 heterocycles. The molecule has 4 bridgehead atoms. The Labute approximate surface area is 114 Å². The van der Waals surface area contributed by atoms with Crippen LogP contribution in [0.5, 0.6) is 0 Å². The number of hydrogen-bond acceptors (Lipinski definition) is 4. The zero-order valence-corrected chi connectivity index (χ0v) is 11.4. The van der Waals surface area contributed by atoms with Crippen LogP contribution in [-0.4, -0.2) is 42.6 Å². The van der Waals surface area contributed by atoms with Crippen LogP contribution in [0.2, 0.25) is 0 Å². The third-order valence-electron chi connectivity index (χ3n) is 5.37. The van der Waals surface area contributed by atoms with Gasteiger partial charge in [-0.2, -0.15) is 0 Å². The predicted octanol–water partition coefficient (Wildman–Crippen LogP) is 0.273. The number of aliphatic hydroxyl groups is 1. The highest BCUT2D eigenvalue weighted by molar-refractivity contribution is 6.24. The van der Waals surface area contributed by atoms with Crippen LogP contribution in [-0.2, 0) is 9.45 Å². The van der Waals surface area contributed by atoms with Gasteiger partial charge in [0.15, 0.2) is 0 Å². The summed E-state index contributed by atoms with van der Waals surface area (Å²) < 4.78 is 4.97. The number of carboxylic acids is 1. The monoisotopic (exact) mass is 267 g/mol. The van der Waals surface area contributed by atoms with E-state index in [9.17, 15) is 15.0 Å². The lowest BCUT2D eigenvalue weighted by molar-refractivity contribution is -0.181. The summed E-state index contributed by atoms with van der Waals surface area (Å²) in [6.07, 6.45) is 5.38. The minimum absolute atomic E-state index is 0.243. The van der Waals surface area contributed by atoms with Crippen molar-refractivity contribution in [3.8, 4) is 0 Å². The molecule has 3 N–H and O–H groups in total. The van der Waals surface area contributed by atoms with Crippen LogP contribution in [0.3, 0.4) is 0 Å². The van der Waals surface area contributed by atoms with E-state index in [0.717, 1.165) is 25.7 Å². The van der Waals surface area contributed by atoms with Gasteiger partial charge in [-0.1, -0.05) is 0 Å². The van der Waals surface area contributed by atoms with Crippen LogP contribution in [0.25, 0.3) is 0 Å². The third kappa shape index (κ3) is 2.20. The minimum Gasteiger partial charge on any atom is -0.480 e. The van der Waals surface area contributed by atoms with E-state index < -0.39 is 17.6 Å². The topological polar surface area (TPSA) is 78.8 Å². The zero-order chi connectivity index (χ0) is 13.7. The Balaban J connectivity index is 1.86. The number of carbonyl (C=O) groups is 1.